The molecule has 0 amide bonds. The van der Waals surface area contributed by atoms with Crippen LogP contribution >= 0.6 is 0 Å². The largest absolute Gasteiger partial charge is 0.464 e. The van der Waals surface area contributed by atoms with Gasteiger partial charge < -0.3 is 9.15 Å². The Morgan fingerprint density at radius 1 is 1.26 bits per heavy atom. The lowest BCUT2D eigenvalue weighted by molar-refractivity contribution is 0.121. The minimum Gasteiger partial charge on any atom is -0.464 e. The number of furan rings is 1. The van der Waals surface area contributed by atoms with Gasteiger partial charge in [-0.05, 0) is 36.1 Å². The number of rotatable bonds is 4. The van der Waals surface area contributed by atoms with Gasteiger partial charge in [-0.2, -0.15) is 5.10 Å². The van der Waals surface area contributed by atoms with Gasteiger partial charge in [-0.3, -0.25) is 10.00 Å². The van der Waals surface area contributed by atoms with Gasteiger partial charge in [0.25, 0.3) is 0 Å². The normalized spacial score (nSPS) is 19.9. The number of hydrogen-bond donors (Lipinski definition) is 1. The molecule has 23 heavy (non-hydrogen) atoms. The summed E-state index contributed by atoms with van der Waals surface area (Å²) in [5.41, 5.74) is 3.43. The molecule has 0 unspecified atom stereocenters. The van der Waals surface area contributed by atoms with Gasteiger partial charge in [-0.1, -0.05) is 12.1 Å². The van der Waals surface area contributed by atoms with Crippen molar-refractivity contribution in [1.29, 1.82) is 0 Å². The molecule has 0 radical (unpaired) electrons. The standard InChI is InChI=1S/C18H21N3O2/c1-2-16-4-7-23-18(16)10-14(1)9-15-11-21(6-8-22-13-15)12-17-3-5-19-20-17/h1-5,7,10,15H,6,8-9,11-13H2,(H,19,20)/t15-/m1/s1. The van der Waals surface area contributed by atoms with E-state index in [1.807, 2.05) is 12.1 Å². The Kier molecular flexibility index (Phi) is 4.13. The van der Waals surface area contributed by atoms with Crippen LogP contribution in [0.4, 0.5) is 0 Å². The van der Waals surface area contributed by atoms with Crippen LogP contribution < -0.4 is 0 Å². The number of benzene rings is 1. The molecule has 1 aromatic carbocycles. The van der Waals surface area contributed by atoms with Crippen LogP contribution in [0.2, 0.25) is 0 Å². The van der Waals surface area contributed by atoms with Gasteiger partial charge in [0.1, 0.15) is 5.58 Å². The van der Waals surface area contributed by atoms with Crippen molar-refractivity contribution in [3.05, 3.63) is 54.0 Å². The van der Waals surface area contributed by atoms with Gasteiger partial charge in [-0.15, -0.1) is 0 Å². The molecular formula is C18H21N3O2. The van der Waals surface area contributed by atoms with Gasteiger partial charge in [0, 0.05) is 36.9 Å². The second kappa shape index (κ2) is 6.56. The molecule has 0 aliphatic carbocycles. The maximum Gasteiger partial charge on any atom is 0.134 e. The highest BCUT2D eigenvalue weighted by Gasteiger charge is 2.19. The van der Waals surface area contributed by atoms with Gasteiger partial charge >= 0.3 is 0 Å². The van der Waals surface area contributed by atoms with Crippen molar-refractivity contribution in [1.82, 2.24) is 15.1 Å². The summed E-state index contributed by atoms with van der Waals surface area (Å²) in [5.74, 6) is 0.493. The van der Waals surface area contributed by atoms with Crippen molar-refractivity contribution < 1.29 is 9.15 Å². The third kappa shape index (κ3) is 3.46. The summed E-state index contributed by atoms with van der Waals surface area (Å²) in [5, 5.41) is 8.23. The molecule has 1 aliphatic heterocycles. The first-order valence-electron chi connectivity index (χ1n) is 8.11. The van der Waals surface area contributed by atoms with Crippen molar-refractivity contribution in [3.63, 3.8) is 0 Å². The monoisotopic (exact) mass is 311 g/mol. The number of H-pyrrole nitrogens is 1. The Hall–Kier alpha value is -2.11. The van der Waals surface area contributed by atoms with E-state index in [9.17, 15) is 0 Å². The number of hydrogen-bond acceptors (Lipinski definition) is 4. The zero-order chi connectivity index (χ0) is 15.5. The van der Waals surface area contributed by atoms with Crippen LogP contribution in [0.3, 0.4) is 0 Å². The van der Waals surface area contributed by atoms with E-state index in [0.717, 1.165) is 55.9 Å². The minimum absolute atomic E-state index is 0.493. The maximum absolute atomic E-state index is 5.81. The molecule has 1 saturated heterocycles. The molecule has 0 saturated carbocycles. The molecule has 1 fully saturated rings. The first-order chi connectivity index (χ1) is 11.4. The summed E-state index contributed by atoms with van der Waals surface area (Å²) in [7, 11) is 0. The highest BCUT2D eigenvalue weighted by Crippen LogP contribution is 2.21. The van der Waals surface area contributed by atoms with Crippen molar-refractivity contribution >= 4 is 11.0 Å². The predicted molar refractivity (Wildman–Crippen MR) is 88.1 cm³/mol. The number of nitrogens with zero attached hydrogens (tertiary/aromatic N) is 2. The summed E-state index contributed by atoms with van der Waals surface area (Å²) >= 11 is 0. The molecule has 3 heterocycles. The molecule has 120 valence electrons. The summed E-state index contributed by atoms with van der Waals surface area (Å²) in [4.78, 5) is 2.44. The smallest absolute Gasteiger partial charge is 0.134 e. The van der Waals surface area contributed by atoms with Gasteiger partial charge in [-0.25, -0.2) is 0 Å². The highest BCUT2D eigenvalue weighted by molar-refractivity contribution is 5.77. The van der Waals surface area contributed by atoms with Gasteiger partial charge in [0.15, 0.2) is 0 Å². The summed E-state index contributed by atoms with van der Waals surface area (Å²) in [6, 6.07) is 10.5. The molecule has 1 atom stereocenters. The number of fused-ring (bicyclic) bond motifs is 1. The molecule has 0 spiro atoms. The molecular weight excluding hydrogens is 290 g/mol. The fraction of sp³-hybridized carbons (Fsp3) is 0.389. The van der Waals surface area contributed by atoms with Crippen LogP contribution in [0.5, 0.6) is 0 Å². The molecule has 5 nitrogen and oxygen atoms in total. The number of aromatic nitrogens is 2. The molecule has 2 aromatic heterocycles. The predicted octanol–water partition coefficient (Wildman–Crippen LogP) is 2.85. The highest BCUT2D eigenvalue weighted by atomic mass is 16.5. The maximum atomic E-state index is 5.81. The third-order valence-electron chi connectivity index (χ3n) is 4.42. The van der Waals surface area contributed by atoms with Crippen LogP contribution in [0, 0.1) is 5.92 Å². The van der Waals surface area contributed by atoms with Crippen molar-refractivity contribution in [3.8, 4) is 0 Å². The van der Waals surface area contributed by atoms with E-state index < -0.39 is 0 Å². The van der Waals surface area contributed by atoms with E-state index in [2.05, 4.69) is 33.3 Å². The molecule has 1 N–H and O–H groups in total. The van der Waals surface area contributed by atoms with E-state index in [1.54, 1.807) is 12.5 Å². The zero-order valence-electron chi connectivity index (χ0n) is 13.1. The Labute approximate surface area is 135 Å². The second-order valence-electron chi connectivity index (χ2n) is 6.25. The SMILES string of the molecule is c1cc(CN2CCOC[C@H](Cc3ccc4ccoc4c3)C2)[nH]n1. The molecule has 3 aromatic rings. The van der Waals surface area contributed by atoms with Gasteiger partial charge in [0.05, 0.1) is 19.5 Å². The lowest BCUT2D eigenvalue weighted by Crippen LogP contribution is -2.30. The average Bonchev–Trinajstić information content (AvgIpc) is 3.17. The average molecular weight is 311 g/mol. The van der Waals surface area contributed by atoms with Crippen molar-refractivity contribution in [2.75, 3.05) is 26.3 Å². The molecule has 4 rings (SSSR count). The second-order valence-corrected chi connectivity index (χ2v) is 6.25. The molecule has 0 bridgehead atoms. The van der Waals surface area contributed by atoms with E-state index >= 15 is 0 Å². The third-order valence-corrected chi connectivity index (χ3v) is 4.42. The first kappa shape index (κ1) is 14.5. The zero-order valence-corrected chi connectivity index (χ0v) is 13.1. The van der Waals surface area contributed by atoms with Crippen LogP contribution in [0.1, 0.15) is 11.3 Å². The lowest BCUT2D eigenvalue weighted by atomic mass is 9.99. The van der Waals surface area contributed by atoms with Gasteiger partial charge in [0.2, 0.25) is 0 Å². The topological polar surface area (TPSA) is 54.3 Å². The van der Waals surface area contributed by atoms with Crippen LogP contribution in [0.15, 0.2) is 47.2 Å². The molecule has 5 heteroatoms. The Morgan fingerprint density at radius 3 is 3.17 bits per heavy atom. The van der Waals surface area contributed by atoms with E-state index in [1.165, 1.54) is 5.56 Å². The summed E-state index contributed by atoms with van der Waals surface area (Å²) in [6.45, 7) is 4.51. The quantitative estimate of drug-likeness (QED) is 0.805. The van der Waals surface area contributed by atoms with Crippen LogP contribution in [-0.2, 0) is 17.7 Å². The Morgan fingerprint density at radius 2 is 2.26 bits per heavy atom. The van der Waals surface area contributed by atoms with Crippen molar-refractivity contribution in [2.45, 2.75) is 13.0 Å². The van der Waals surface area contributed by atoms with Crippen LogP contribution in [-0.4, -0.2) is 41.4 Å². The summed E-state index contributed by atoms with van der Waals surface area (Å²) < 4.78 is 11.3. The van der Waals surface area contributed by atoms with E-state index in [-0.39, 0.29) is 0 Å². The fourth-order valence-electron chi connectivity index (χ4n) is 3.29. The molecule has 1 aliphatic rings. The van der Waals surface area contributed by atoms with Crippen LogP contribution in [0.25, 0.3) is 11.0 Å². The Balaban J connectivity index is 1.44. The number of ether oxygens (including phenoxy) is 1. The van der Waals surface area contributed by atoms with Crippen molar-refractivity contribution in [2.24, 2.45) is 5.92 Å². The lowest BCUT2D eigenvalue weighted by Gasteiger charge is -2.22. The first-order valence-corrected chi connectivity index (χ1v) is 8.11. The number of nitrogens with one attached hydrogen (secondary N) is 1. The fourth-order valence-corrected chi connectivity index (χ4v) is 3.29. The van der Waals surface area contributed by atoms with E-state index in [4.69, 9.17) is 9.15 Å². The number of aromatic amines is 1. The van der Waals surface area contributed by atoms with E-state index in [0.29, 0.717) is 5.92 Å². The minimum atomic E-state index is 0.493. The summed E-state index contributed by atoms with van der Waals surface area (Å²) in [6.07, 6.45) is 4.56. The Bertz CT molecular complexity index is 751.